The van der Waals surface area contributed by atoms with E-state index < -0.39 is 17.9 Å². The fraction of sp³-hybridized carbons (Fsp3) is 0.619. The van der Waals surface area contributed by atoms with Crippen LogP contribution in [0.25, 0.3) is 0 Å². The number of likely N-dealkylation sites (tertiary alicyclic amines) is 1. The average Bonchev–Trinajstić information content (AvgIpc) is 3.19. The predicted molar refractivity (Wildman–Crippen MR) is 108 cm³/mol. The van der Waals surface area contributed by atoms with Gasteiger partial charge in [0, 0.05) is 51.7 Å². The van der Waals surface area contributed by atoms with Crippen LogP contribution in [0.15, 0.2) is 30.3 Å². The molecule has 2 saturated heterocycles. The van der Waals surface area contributed by atoms with Gasteiger partial charge in [0.1, 0.15) is 0 Å². The van der Waals surface area contributed by atoms with Gasteiger partial charge in [0.15, 0.2) is 0 Å². The van der Waals surface area contributed by atoms with E-state index in [9.17, 15) is 14.7 Å². The molecule has 2 aliphatic rings. The Bertz CT molecular complexity index is 659. The summed E-state index contributed by atoms with van der Waals surface area (Å²) in [5, 5.41) is 12.7. The van der Waals surface area contributed by atoms with E-state index in [1.807, 2.05) is 30.3 Å². The van der Waals surface area contributed by atoms with Gasteiger partial charge in [-0.3, -0.25) is 14.5 Å². The van der Waals surface area contributed by atoms with Gasteiger partial charge in [-0.05, 0) is 26.0 Å². The van der Waals surface area contributed by atoms with Gasteiger partial charge in [0.05, 0.1) is 12.1 Å². The number of aliphatic hydroxyl groups excluding tert-OH is 1. The summed E-state index contributed by atoms with van der Waals surface area (Å²) in [6.45, 7) is 7.30. The Morgan fingerprint density at radius 1 is 1.14 bits per heavy atom. The second-order valence-corrected chi connectivity index (χ2v) is 8.08. The molecule has 1 aromatic carbocycles. The van der Waals surface area contributed by atoms with Crippen LogP contribution >= 0.6 is 0 Å². The van der Waals surface area contributed by atoms with Crippen molar-refractivity contribution in [1.82, 2.24) is 20.0 Å². The van der Waals surface area contributed by atoms with Crippen LogP contribution in [0.1, 0.15) is 24.9 Å². The van der Waals surface area contributed by atoms with E-state index in [1.54, 1.807) is 11.8 Å². The molecule has 7 nitrogen and oxygen atoms in total. The van der Waals surface area contributed by atoms with Crippen molar-refractivity contribution in [3.8, 4) is 0 Å². The molecular weight excluding hydrogens is 356 g/mol. The minimum absolute atomic E-state index is 0.0482. The van der Waals surface area contributed by atoms with Crippen molar-refractivity contribution in [2.75, 3.05) is 52.9 Å². The highest BCUT2D eigenvalue weighted by molar-refractivity contribution is 6.35. The third kappa shape index (κ3) is 5.31. The fourth-order valence-electron chi connectivity index (χ4n) is 3.94. The number of amides is 2. The summed E-state index contributed by atoms with van der Waals surface area (Å²) < 4.78 is 0. The quantitative estimate of drug-likeness (QED) is 0.711. The van der Waals surface area contributed by atoms with Crippen molar-refractivity contribution in [2.45, 2.75) is 25.5 Å². The first-order valence-electron chi connectivity index (χ1n) is 10.2. The molecule has 0 aromatic heterocycles. The highest BCUT2D eigenvalue weighted by Crippen LogP contribution is 2.20. The zero-order chi connectivity index (χ0) is 20.1. The molecule has 0 unspecified atom stereocenters. The number of benzene rings is 1. The maximum absolute atomic E-state index is 12.7. The lowest BCUT2D eigenvalue weighted by atomic mass is 10.0. The molecule has 0 saturated carbocycles. The van der Waals surface area contributed by atoms with Crippen LogP contribution in [0.2, 0.25) is 0 Å². The molecular formula is C21H32N4O3. The van der Waals surface area contributed by atoms with Gasteiger partial charge in [-0.25, -0.2) is 0 Å². The van der Waals surface area contributed by atoms with E-state index in [2.05, 4.69) is 22.2 Å². The normalized spacial score (nSPS) is 23.4. The number of carbonyl (C=O) groups excluding carboxylic acids is 2. The number of likely N-dealkylation sites (N-methyl/N-ethyl adjacent to an activating group) is 1. The lowest BCUT2D eigenvalue weighted by Gasteiger charge is -2.35. The molecule has 154 valence electrons. The van der Waals surface area contributed by atoms with Crippen LogP contribution in [-0.4, -0.2) is 90.6 Å². The zero-order valence-corrected chi connectivity index (χ0v) is 16.9. The fourth-order valence-corrected chi connectivity index (χ4v) is 3.94. The van der Waals surface area contributed by atoms with Gasteiger partial charge in [0.2, 0.25) is 0 Å². The Morgan fingerprint density at radius 2 is 1.82 bits per heavy atom. The SMILES string of the molecule is C[C@H](O)[C@H]1CCN(C(=O)C(=O)N[C@@H](CN2CCN(C)CC2)c2ccccc2)C1. The zero-order valence-electron chi connectivity index (χ0n) is 16.9. The van der Waals surface area contributed by atoms with E-state index in [0.29, 0.717) is 19.6 Å². The van der Waals surface area contributed by atoms with E-state index in [0.717, 1.165) is 38.2 Å². The van der Waals surface area contributed by atoms with Crippen LogP contribution in [0, 0.1) is 5.92 Å². The Hall–Kier alpha value is -1.96. The Kier molecular flexibility index (Phi) is 7.04. The highest BCUT2D eigenvalue weighted by Gasteiger charge is 2.33. The molecule has 0 aliphatic carbocycles. The molecule has 7 heteroatoms. The number of rotatable bonds is 5. The summed E-state index contributed by atoms with van der Waals surface area (Å²) >= 11 is 0. The third-order valence-corrected chi connectivity index (χ3v) is 5.93. The van der Waals surface area contributed by atoms with Crippen LogP contribution in [0.4, 0.5) is 0 Å². The van der Waals surface area contributed by atoms with Crippen molar-refractivity contribution in [2.24, 2.45) is 5.92 Å². The van der Waals surface area contributed by atoms with Crippen LogP contribution in [-0.2, 0) is 9.59 Å². The number of carbonyl (C=O) groups is 2. The van der Waals surface area contributed by atoms with E-state index in [4.69, 9.17) is 0 Å². The summed E-state index contributed by atoms with van der Waals surface area (Å²) in [7, 11) is 2.11. The first kappa shape index (κ1) is 20.8. The summed E-state index contributed by atoms with van der Waals surface area (Å²) in [5.74, 6) is -1.01. The van der Waals surface area contributed by atoms with Crippen molar-refractivity contribution in [3.63, 3.8) is 0 Å². The highest BCUT2D eigenvalue weighted by atomic mass is 16.3. The second kappa shape index (κ2) is 9.49. The van der Waals surface area contributed by atoms with Crippen molar-refractivity contribution in [1.29, 1.82) is 0 Å². The number of aliphatic hydroxyl groups is 1. The molecule has 2 aliphatic heterocycles. The lowest BCUT2D eigenvalue weighted by Crippen LogP contribution is -2.49. The van der Waals surface area contributed by atoms with Crippen molar-refractivity contribution in [3.05, 3.63) is 35.9 Å². The van der Waals surface area contributed by atoms with Crippen molar-refractivity contribution < 1.29 is 14.7 Å². The van der Waals surface area contributed by atoms with Crippen molar-refractivity contribution >= 4 is 11.8 Å². The number of hydrogen-bond donors (Lipinski definition) is 2. The summed E-state index contributed by atoms with van der Waals surface area (Å²) in [5.41, 5.74) is 1.01. The molecule has 1 aromatic rings. The first-order valence-corrected chi connectivity index (χ1v) is 10.2. The lowest BCUT2D eigenvalue weighted by molar-refractivity contribution is -0.145. The van der Waals surface area contributed by atoms with Gasteiger partial charge in [-0.2, -0.15) is 0 Å². The van der Waals surface area contributed by atoms with E-state index >= 15 is 0 Å². The largest absolute Gasteiger partial charge is 0.393 e. The molecule has 2 N–H and O–H groups in total. The number of nitrogens with zero attached hydrogens (tertiary/aromatic N) is 3. The summed E-state index contributed by atoms with van der Waals surface area (Å²) in [6.07, 6.45) is 0.273. The van der Waals surface area contributed by atoms with Gasteiger partial charge in [-0.1, -0.05) is 30.3 Å². The van der Waals surface area contributed by atoms with E-state index in [-0.39, 0.29) is 12.0 Å². The molecule has 2 amide bonds. The molecule has 2 fully saturated rings. The summed E-state index contributed by atoms with van der Waals surface area (Å²) in [4.78, 5) is 31.5. The predicted octanol–water partition coefficient (Wildman–Crippen LogP) is 0.321. The van der Waals surface area contributed by atoms with Gasteiger partial charge in [-0.15, -0.1) is 0 Å². The number of hydrogen-bond acceptors (Lipinski definition) is 5. The number of piperazine rings is 1. The maximum Gasteiger partial charge on any atom is 0.311 e. The standard InChI is InChI=1S/C21H32N4O3/c1-16(26)18-8-9-25(14-18)21(28)20(27)22-19(17-6-4-3-5-7-17)15-24-12-10-23(2)11-13-24/h3-7,16,18-19,26H,8-15H2,1-2H3,(H,22,27)/t16-,18-,19-/m0/s1. The molecule has 0 spiro atoms. The van der Waals surface area contributed by atoms with E-state index in [1.165, 1.54) is 0 Å². The van der Waals surface area contributed by atoms with Gasteiger partial charge >= 0.3 is 11.8 Å². The molecule has 2 heterocycles. The Balaban J connectivity index is 1.63. The molecule has 3 atom stereocenters. The molecule has 3 rings (SSSR count). The molecule has 28 heavy (non-hydrogen) atoms. The second-order valence-electron chi connectivity index (χ2n) is 8.08. The molecule has 0 radical (unpaired) electrons. The Morgan fingerprint density at radius 3 is 2.43 bits per heavy atom. The van der Waals surface area contributed by atoms with Gasteiger partial charge in [0.25, 0.3) is 0 Å². The average molecular weight is 389 g/mol. The van der Waals surface area contributed by atoms with Crippen LogP contribution in [0.3, 0.4) is 0 Å². The number of nitrogens with one attached hydrogen (secondary N) is 1. The molecule has 0 bridgehead atoms. The third-order valence-electron chi connectivity index (χ3n) is 5.93. The van der Waals surface area contributed by atoms with Gasteiger partial charge < -0.3 is 20.2 Å². The maximum atomic E-state index is 12.7. The summed E-state index contributed by atoms with van der Waals surface area (Å²) in [6, 6.07) is 9.61. The minimum Gasteiger partial charge on any atom is -0.393 e. The smallest absolute Gasteiger partial charge is 0.311 e. The topological polar surface area (TPSA) is 76.1 Å². The Labute approximate surface area is 167 Å². The minimum atomic E-state index is -0.561. The monoisotopic (exact) mass is 388 g/mol. The van der Waals surface area contributed by atoms with Crippen LogP contribution in [0.5, 0.6) is 0 Å². The first-order chi connectivity index (χ1) is 13.4. The van der Waals surface area contributed by atoms with Crippen LogP contribution < -0.4 is 5.32 Å².